The van der Waals surface area contributed by atoms with Gasteiger partial charge in [0, 0.05) is 46.3 Å². The first-order valence-electron chi connectivity index (χ1n) is 7.96. The van der Waals surface area contributed by atoms with Gasteiger partial charge >= 0.3 is 0 Å². The molecule has 0 aromatic heterocycles. The fourth-order valence-corrected chi connectivity index (χ4v) is 3.20. The lowest BCUT2D eigenvalue weighted by molar-refractivity contribution is -0.132. The van der Waals surface area contributed by atoms with Crippen LogP contribution < -0.4 is 5.32 Å². The second kappa shape index (κ2) is 6.16. The van der Waals surface area contributed by atoms with Crippen LogP contribution in [0.4, 0.5) is 0 Å². The van der Waals surface area contributed by atoms with Gasteiger partial charge in [0.15, 0.2) is 0 Å². The van der Waals surface area contributed by atoms with E-state index in [0.29, 0.717) is 5.91 Å². The molecule has 114 valence electrons. The number of piperazine rings is 1. The van der Waals surface area contributed by atoms with Crippen molar-refractivity contribution in [3.05, 3.63) is 35.9 Å². The largest absolute Gasteiger partial charge is 0.344 e. The van der Waals surface area contributed by atoms with Crippen LogP contribution in [0.5, 0.6) is 0 Å². The first-order chi connectivity index (χ1) is 10.2. The number of rotatable bonds is 5. The highest BCUT2D eigenvalue weighted by Gasteiger charge is 2.52. The summed E-state index contributed by atoms with van der Waals surface area (Å²) in [6.07, 6.45) is 1.99. The Bertz CT molecular complexity index is 478. The number of benzene rings is 1. The van der Waals surface area contributed by atoms with Gasteiger partial charge in [0.05, 0.1) is 5.41 Å². The Morgan fingerprint density at radius 2 is 1.90 bits per heavy atom. The molecule has 1 aliphatic carbocycles. The summed E-state index contributed by atoms with van der Waals surface area (Å²) in [6.45, 7) is 6.11. The molecule has 4 heteroatoms. The van der Waals surface area contributed by atoms with Crippen molar-refractivity contribution in [1.82, 2.24) is 15.1 Å². The van der Waals surface area contributed by atoms with E-state index in [1.807, 2.05) is 30.1 Å². The van der Waals surface area contributed by atoms with E-state index in [2.05, 4.69) is 22.3 Å². The van der Waals surface area contributed by atoms with E-state index < -0.39 is 0 Å². The predicted octanol–water partition coefficient (Wildman–Crippen LogP) is 1.08. The van der Waals surface area contributed by atoms with Gasteiger partial charge in [0.1, 0.15) is 0 Å². The molecule has 2 aliphatic rings. The topological polar surface area (TPSA) is 35.6 Å². The van der Waals surface area contributed by atoms with Crippen LogP contribution in [0.15, 0.2) is 30.3 Å². The third-order valence-electron chi connectivity index (χ3n) is 4.79. The van der Waals surface area contributed by atoms with Crippen molar-refractivity contribution in [2.75, 3.05) is 46.3 Å². The maximum absolute atomic E-state index is 12.8. The summed E-state index contributed by atoms with van der Waals surface area (Å²) in [7, 11) is 1.95. The first kappa shape index (κ1) is 14.5. The van der Waals surface area contributed by atoms with Crippen molar-refractivity contribution in [2.45, 2.75) is 18.3 Å². The second-order valence-electron chi connectivity index (χ2n) is 6.27. The molecule has 1 aromatic carbocycles. The Morgan fingerprint density at radius 1 is 1.24 bits per heavy atom. The van der Waals surface area contributed by atoms with E-state index in [1.54, 1.807) is 0 Å². The number of nitrogens with zero attached hydrogens (tertiary/aromatic N) is 2. The summed E-state index contributed by atoms with van der Waals surface area (Å²) in [5.74, 6) is 0.295. The maximum Gasteiger partial charge on any atom is 0.233 e. The molecular formula is C17H25N3O. The van der Waals surface area contributed by atoms with E-state index >= 15 is 0 Å². The number of amides is 1. The van der Waals surface area contributed by atoms with Gasteiger partial charge < -0.3 is 10.2 Å². The van der Waals surface area contributed by atoms with Crippen molar-refractivity contribution < 1.29 is 4.79 Å². The third-order valence-corrected chi connectivity index (χ3v) is 4.79. The number of nitrogens with one attached hydrogen (secondary N) is 1. The van der Waals surface area contributed by atoms with E-state index in [9.17, 15) is 4.79 Å². The fraction of sp³-hybridized carbons (Fsp3) is 0.588. The summed E-state index contributed by atoms with van der Waals surface area (Å²) in [6, 6.07) is 10.3. The molecule has 0 spiro atoms. The van der Waals surface area contributed by atoms with Crippen LogP contribution in [0.3, 0.4) is 0 Å². The predicted molar refractivity (Wildman–Crippen MR) is 84.3 cm³/mol. The average molecular weight is 287 g/mol. The molecule has 0 radical (unpaired) electrons. The Balaban J connectivity index is 1.57. The molecule has 2 fully saturated rings. The molecule has 0 atom stereocenters. The number of hydrogen-bond acceptors (Lipinski definition) is 3. The Hall–Kier alpha value is -1.39. The second-order valence-corrected chi connectivity index (χ2v) is 6.27. The van der Waals surface area contributed by atoms with Crippen LogP contribution in [0.25, 0.3) is 0 Å². The summed E-state index contributed by atoms with van der Waals surface area (Å²) in [5, 5.41) is 3.36. The molecule has 0 bridgehead atoms. The number of likely N-dealkylation sites (N-methyl/N-ethyl adjacent to an activating group) is 1. The SMILES string of the molecule is CN(CCN1CCNCC1)C(=O)C1(c2ccccc2)CC1. The quantitative estimate of drug-likeness (QED) is 0.880. The fourth-order valence-electron chi connectivity index (χ4n) is 3.20. The van der Waals surface area contributed by atoms with Crippen LogP contribution in [0, 0.1) is 0 Å². The lowest BCUT2D eigenvalue weighted by Gasteiger charge is -2.30. The van der Waals surface area contributed by atoms with Crippen LogP contribution in [0.1, 0.15) is 18.4 Å². The number of carbonyl (C=O) groups is 1. The molecule has 3 rings (SSSR count). The van der Waals surface area contributed by atoms with E-state index in [1.165, 1.54) is 5.56 Å². The van der Waals surface area contributed by atoms with Crippen molar-refractivity contribution in [1.29, 1.82) is 0 Å². The molecule has 1 N–H and O–H groups in total. The molecular weight excluding hydrogens is 262 g/mol. The van der Waals surface area contributed by atoms with Crippen molar-refractivity contribution in [2.24, 2.45) is 0 Å². The highest BCUT2D eigenvalue weighted by Crippen LogP contribution is 2.49. The molecule has 0 unspecified atom stereocenters. The Kier molecular flexibility index (Phi) is 4.27. The smallest absolute Gasteiger partial charge is 0.233 e. The summed E-state index contributed by atoms with van der Waals surface area (Å²) in [5.41, 5.74) is 0.962. The van der Waals surface area contributed by atoms with E-state index in [0.717, 1.165) is 52.1 Å². The molecule has 1 heterocycles. The minimum absolute atomic E-state index is 0.223. The third kappa shape index (κ3) is 3.11. The van der Waals surface area contributed by atoms with Crippen molar-refractivity contribution in [3.8, 4) is 0 Å². The molecule has 1 amide bonds. The molecule has 1 saturated heterocycles. The Labute approximate surface area is 127 Å². The lowest BCUT2D eigenvalue weighted by Crippen LogP contribution is -2.47. The van der Waals surface area contributed by atoms with Gasteiger partial charge in [-0.2, -0.15) is 0 Å². The number of carbonyl (C=O) groups excluding carboxylic acids is 1. The van der Waals surface area contributed by atoms with Gasteiger partial charge in [-0.3, -0.25) is 9.69 Å². The standard InChI is InChI=1S/C17H25N3O/c1-19(13-14-20-11-9-18-10-12-20)16(21)17(7-8-17)15-5-3-2-4-6-15/h2-6,18H,7-14H2,1H3. The minimum atomic E-state index is -0.223. The molecule has 21 heavy (non-hydrogen) atoms. The Morgan fingerprint density at radius 3 is 2.52 bits per heavy atom. The zero-order chi connectivity index (χ0) is 14.7. The van der Waals surface area contributed by atoms with Gasteiger partial charge in [0.25, 0.3) is 0 Å². The van der Waals surface area contributed by atoms with Gasteiger partial charge in [-0.05, 0) is 18.4 Å². The summed E-state index contributed by atoms with van der Waals surface area (Å²) in [4.78, 5) is 17.2. The zero-order valence-corrected chi connectivity index (χ0v) is 12.8. The zero-order valence-electron chi connectivity index (χ0n) is 12.8. The normalized spacial score (nSPS) is 21.0. The minimum Gasteiger partial charge on any atom is -0.344 e. The summed E-state index contributed by atoms with van der Waals surface area (Å²) < 4.78 is 0. The first-order valence-corrected chi connectivity index (χ1v) is 7.96. The molecule has 4 nitrogen and oxygen atoms in total. The van der Waals surface area contributed by atoms with E-state index in [4.69, 9.17) is 0 Å². The monoisotopic (exact) mass is 287 g/mol. The number of hydrogen-bond donors (Lipinski definition) is 1. The van der Waals surface area contributed by atoms with Gasteiger partial charge in [-0.1, -0.05) is 30.3 Å². The van der Waals surface area contributed by atoms with Crippen LogP contribution in [-0.2, 0) is 10.2 Å². The van der Waals surface area contributed by atoms with Gasteiger partial charge in [-0.15, -0.1) is 0 Å². The van der Waals surface area contributed by atoms with Gasteiger partial charge in [0.2, 0.25) is 5.91 Å². The van der Waals surface area contributed by atoms with E-state index in [-0.39, 0.29) is 5.41 Å². The van der Waals surface area contributed by atoms with Crippen LogP contribution in [-0.4, -0.2) is 62.0 Å². The summed E-state index contributed by atoms with van der Waals surface area (Å²) >= 11 is 0. The van der Waals surface area contributed by atoms with Crippen molar-refractivity contribution >= 4 is 5.91 Å². The van der Waals surface area contributed by atoms with Crippen molar-refractivity contribution in [3.63, 3.8) is 0 Å². The molecule has 1 aromatic rings. The highest BCUT2D eigenvalue weighted by atomic mass is 16.2. The molecule has 1 aliphatic heterocycles. The van der Waals surface area contributed by atoms with Gasteiger partial charge in [-0.25, -0.2) is 0 Å². The van der Waals surface area contributed by atoms with Crippen LogP contribution >= 0.6 is 0 Å². The average Bonchev–Trinajstić information content (AvgIpc) is 3.35. The lowest BCUT2D eigenvalue weighted by atomic mass is 9.94. The molecule has 1 saturated carbocycles. The maximum atomic E-state index is 12.8. The highest BCUT2D eigenvalue weighted by molar-refractivity contribution is 5.91. The van der Waals surface area contributed by atoms with Crippen LogP contribution in [0.2, 0.25) is 0 Å².